The van der Waals surface area contributed by atoms with Crippen molar-refractivity contribution in [2.75, 3.05) is 31.1 Å². The zero-order valence-corrected chi connectivity index (χ0v) is 17.3. The number of anilines is 1. The summed E-state index contributed by atoms with van der Waals surface area (Å²) < 4.78 is 5.07. The van der Waals surface area contributed by atoms with Gasteiger partial charge in [0.2, 0.25) is 5.91 Å². The highest BCUT2D eigenvalue weighted by molar-refractivity contribution is 5.82. The number of piperazine rings is 1. The van der Waals surface area contributed by atoms with Crippen LogP contribution in [-0.2, 0) is 20.9 Å². The molecule has 8 nitrogen and oxygen atoms in total. The number of rotatable bonds is 8. The number of nitrogens with zero attached hydrogens (tertiary/aromatic N) is 2. The van der Waals surface area contributed by atoms with Crippen LogP contribution >= 0.6 is 0 Å². The molecule has 1 saturated heterocycles. The number of alkyl carbamates (subject to hydrolysis) is 1. The molecule has 0 radical (unpaired) electrons. The molecule has 0 aliphatic carbocycles. The summed E-state index contributed by atoms with van der Waals surface area (Å²) in [4.78, 5) is 39.9. The number of hydrogen-bond donors (Lipinski definition) is 2. The lowest BCUT2D eigenvalue weighted by molar-refractivity contribution is -0.140. The molecule has 2 amide bonds. The van der Waals surface area contributed by atoms with E-state index in [1.807, 2.05) is 48.5 Å². The first-order chi connectivity index (χ1) is 15.0. The predicted molar refractivity (Wildman–Crippen MR) is 116 cm³/mol. The number of carboxylic acid groups (broad SMARTS) is 1. The molecule has 0 spiro atoms. The zero-order valence-electron chi connectivity index (χ0n) is 17.3. The molecule has 3 rings (SSSR count). The third-order valence-electron chi connectivity index (χ3n) is 5.20. The second kappa shape index (κ2) is 11.0. The lowest BCUT2D eigenvalue weighted by Crippen LogP contribution is -2.49. The Morgan fingerprint density at radius 1 is 0.935 bits per heavy atom. The maximum absolute atomic E-state index is 12.5. The van der Waals surface area contributed by atoms with Gasteiger partial charge >= 0.3 is 12.1 Å². The number of aliphatic carboxylic acids is 1. The van der Waals surface area contributed by atoms with E-state index in [9.17, 15) is 19.5 Å². The van der Waals surface area contributed by atoms with E-state index in [4.69, 9.17) is 4.74 Å². The molecule has 1 heterocycles. The fourth-order valence-corrected chi connectivity index (χ4v) is 3.44. The number of benzene rings is 2. The second-order valence-electron chi connectivity index (χ2n) is 7.34. The first-order valence-electron chi connectivity index (χ1n) is 10.3. The van der Waals surface area contributed by atoms with Crippen molar-refractivity contribution in [1.82, 2.24) is 10.2 Å². The molecule has 0 unspecified atom stereocenters. The van der Waals surface area contributed by atoms with Gasteiger partial charge in [0.15, 0.2) is 0 Å². The Kier molecular flexibility index (Phi) is 7.86. The van der Waals surface area contributed by atoms with Gasteiger partial charge in [0.25, 0.3) is 0 Å². The molecule has 0 saturated carbocycles. The highest BCUT2D eigenvalue weighted by Gasteiger charge is 2.25. The van der Waals surface area contributed by atoms with Crippen LogP contribution in [0, 0.1) is 0 Å². The van der Waals surface area contributed by atoms with Crippen molar-refractivity contribution in [2.24, 2.45) is 0 Å². The minimum absolute atomic E-state index is 0.00744. The maximum Gasteiger partial charge on any atom is 0.408 e. The fraction of sp³-hybridized carbons (Fsp3) is 0.348. The topological polar surface area (TPSA) is 99.2 Å². The van der Waals surface area contributed by atoms with E-state index >= 15 is 0 Å². The Labute approximate surface area is 181 Å². The molecule has 0 aromatic heterocycles. The number of carbonyl (C=O) groups excluding carboxylic acids is 2. The van der Waals surface area contributed by atoms with Crippen molar-refractivity contribution in [3.63, 3.8) is 0 Å². The van der Waals surface area contributed by atoms with Gasteiger partial charge in [-0.1, -0.05) is 48.5 Å². The number of amides is 2. The van der Waals surface area contributed by atoms with Gasteiger partial charge < -0.3 is 25.0 Å². The number of ether oxygens (including phenoxy) is 1. The van der Waals surface area contributed by atoms with Crippen LogP contribution in [0.4, 0.5) is 10.5 Å². The summed E-state index contributed by atoms with van der Waals surface area (Å²) in [7, 11) is 0. The normalized spacial score (nSPS) is 14.6. The van der Waals surface area contributed by atoms with E-state index in [1.54, 1.807) is 17.0 Å². The molecule has 1 aliphatic rings. The van der Waals surface area contributed by atoms with Crippen LogP contribution < -0.4 is 10.2 Å². The molecular formula is C23H27N3O5. The highest BCUT2D eigenvalue weighted by Crippen LogP contribution is 2.16. The highest BCUT2D eigenvalue weighted by atomic mass is 16.5. The van der Waals surface area contributed by atoms with Crippen LogP contribution in [0.2, 0.25) is 0 Å². The Morgan fingerprint density at radius 3 is 2.16 bits per heavy atom. The van der Waals surface area contributed by atoms with Crippen molar-refractivity contribution in [2.45, 2.75) is 25.5 Å². The average Bonchev–Trinajstić information content (AvgIpc) is 2.81. The Balaban J connectivity index is 1.41. The SMILES string of the molecule is O=C(N[C@@H](CCC(=O)N1CCN(c2ccccc2)CC1)C(=O)O)OCc1ccccc1. The Hall–Kier alpha value is -3.55. The number of para-hydroxylation sites is 1. The number of carboxylic acids is 1. The van der Waals surface area contributed by atoms with E-state index in [2.05, 4.69) is 10.2 Å². The minimum atomic E-state index is -1.20. The van der Waals surface area contributed by atoms with Gasteiger partial charge in [-0.15, -0.1) is 0 Å². The quantitative estimate of drug-likeness (QED) is 0.674. The molecule has 2 N–H and O–H groups in total. The average molecular weight is 425 g/mol. The molecule has 2 aromatic carbocycles. The first-order valence-corrected chi connectivity index (χ1v) is 10.3. The van der Waals surface area contributed by atoms with E-state index in [-0.39, 0.29) is 25.4 Å². The summed E-state index contributed by atoms with van der Waals surface area (Å²) in [5, 5.41) is 11.7. The van der Waals surface area contributed by atoms with Crippen LogP contribution in [0.5, 0.6) is 0 Å². The van der Waals surface area contributed by atoms with Crippen molar-refractivity contribution < 1.29 is 24.2 Å². The van der Waals surface area contributed by atoms with Gasteiger partial charge in [-0.3, -0.25) is 4.79 Å². The molecular weight excluding hydrogens is 398 g/mol. The third kappa shape index (κ3) is 6.74. The fourth-order valence-electron chi connectivity index (χ4n) is 3.44. The van der Waals surface area contributed by atoms with E-state index in [0.29, 0.717) is 13.1 Å². The van der Waals surface area contributed by atoms with Crippen LogP contribution in [-0.4, -0.2) is 60.2 Å². The Morgan fingerprint density at radius 2 is 1.55 bits per heavy atom. The third-order valence-corrected chi connectivity index (χ3v) is 5.20. The van der Waals surface area contributed by atoms with Gasteiger partial charge in [-0.2, -0.15) is 0 Å². The number of carbonyl (C=O) groups is 3. The smallest absolute Gasteiger partial charge is 0.408 e. The molecule has 2 aromatic rings. The van der Waals surface area contributed by atoms with Crippen molar-refractivity contribution in [1.29, 1.82) is 0 Å². The summed E-state index contributed by atoms with van der Waals surface area (Å²) >= 11 is 0. The maximum atomic E-state index is 12.5. The van der Waals surface area contributed by atoms with Crippen LogP contribution in [0.1, 0.15) is 18.4 Å². The lowest BCUT2D eigenvalue weighted by Gasteiger charge is -2.36. The van der Waals surface area contributed by atoms with Gasteiger partial charge in [-0.25, -0.2) is 9.59 Å². The van der Waals surface area contributed by atoms with E-state index in [1.165, 1.54) is 0 Å². The Bertz CT molecular complexity index is 867. The standard InChI is InChI=1S/C23H27N3O5/c27-21(26-15-13-25(14-16-26)19-9-5-2-6-10-19)12-11-20(22(28)29)24-23(30)31-17-18-7-3-1-4-8-18/h1-10,20H,11-17H2,(H,24,30)(H,28,29)/t20-/m0/s1. The number of hydrogen-bond acceptors (Lipinski definition) is 5. The summed E-state index contributed by atoms with van der Waals surface area (Å²) in [6.45, 7) is 2.66. The van der Waals surface area contributed by atoms with Crippen molar-refractivity contribution >= 4 is 23.7 Å². The summed E-state index contributed by atoms with van der Waals surface area (Å²) in [5.41, 5.74) is 1.92. The lowest BCUT2D eigenvalue weighted by atomic mass is 10.1. The van der Waals surface area contributed by atoms with Gasteiger partial charge in [-0.05, 0) is 24.1 Å². The summed E-state index contributed by atoms with van der Waals surface area (Å²) in [6.07, 6.45) is -0.769. The van der Waals surface area contributed by atoms with Crippen LogP contribution in [0.15, 0.2) is 60.7 Å². The van der Waals surface area contributed by atoms with Crippen molar-refractivity contribution in [3.05, 3.63) is 66.2 Å². The van der Waals surface area contributed by atoms with Gasteiger partial charge in [0, 0.05) is 38.3 Å². The summed E-state index contributed by atoms with van der Waals surface area (Å²) in [6, 6.07) is 17.9. The molecule has 164 valence electrons. The van der Waals surface area contributed by atoms with E-state index < -0.39 is 18.1 Å². The van der Waals surface area contributed by atoms with Gasteiger partial charge in [0.05, 0.1) is 0 Å². The van der Waals surface area contributed by atoms with Crippen LogP contribution in [0.25, 0.3) is 0 Å². The molecule has 1 fully saturated rings. The monoisotopic (exact) mass is 425 g/mol. The van der Waals surface area contributed by atoms with Crippen molar-refractivity contribution in [3.8, 4) is 0 Å². The summed E-state index contributed by atoms with van der Waals surface area (Å²) in [5.74, 6) is -1.31. The first kappa shape index (κ1) is 22.1. The molecule has 0 bridgehead atoms. The van der Waals surface area contributed by atoms with Gasteiger partial charge in [0.1, 0.15) is 12.6 Å². The largest absolute Gasteiger partial charge is 0.480 e. The molecule has 1 atom stereocenters. The minimum Gasteiger partial charge on any atom is -0.480 e. The molecule has 1 aliphatic heterocycles. The second-order valence-corrected chi connectivity index (χ2v) is 7.34. The van der Waals surface area contributed by atoms with E-state index in [0.717, 1.165) is 24.3 Å². The number of nitrogens with one attached hydrogen (secondary N) is 1. The molecule has 8 heteroatoms. The predicted octanol–water partition coefficient (Wildman–Crippen LogP) is 2.49. The zero-order chi connectivity index (χ0) is 22.1. The molecule has 31 heavy (non-hydrogen) atoms. The van der Waals surface area contributed by atoms with Crippen LogP contribution in [0.3, 0.4) is 0 Å².